The summed E-state index contributed by atoms with van der Waals surface area (Å²) >= 11 is 0. The van der Waals surface area contributed by atoms with Crippen molar-refractivity contribution in [3.63, 3.8) is 0 Å². The van der Waals surface area contributed by atoms with Gasteiger partial charge in [0.05, 0.1) is 12.8 Å². The molecule has 0 saturated heterocycles. The molecule has 2 nitrogen and oxygen atoms in total. The smallest absolute Gasteiger partial charge is 0.142 e. The Hall–Kier alpha value is -1.25. The van der Waals surface area contributed by atoms with Gasteiger partial charge in [-0.25, -0.2) is 4.39 Å². The first-order chi connectivity index (χ1) is 7.79. The van der Waals surface area contributed by atoms with Crippen molar-refractivity contribution in [2.24, 2.45) is 0 Å². The normalized spacial score (nSPS) is 17.1. The highest BCUT2D eigenvalue weighted by molar-refractivity contribution is 5.57. The highest BCUT2D eigenvalue weighted by Crippen LogP contribution is 2.28. The van der Waals surface area contributed by atoms with E-state index in [1.54, 1.807) is 13.2 Å². The van der Waals surface area contributed by atoms with Crippen LogP contribution in [0.15, 0.2) is 18.2 Å². The molecule has 1 fully saturated rings. The second-order valence-corrected chi connectivity index (χ2v) is 4.32. The van der Waals surface area contributed by atoms with E-state index in [0.29, 0.717) is 11.8 Å². The molecule has 0 atom stereocenters. The molecule has 0 amide bonds. The molecule has 3 heteroatoms. The number of hydrogen-bond donors (Lipinski definition) is 1. The van der Waals surface area contributed by atoms with Crippen LogP contribution in [-0.2, 0) is 0 Å². The lowest BCUT2D eigenvalue weighted by Crippen LogP contribution is -2.22. The maximum atomic E-state index is 13.1. The number of hydrogen-bond acceptors (Lipinski definition) is 2. The Labute approximate surface area is 95.8 Å². The van der Waals surface area contributed by atoms with Crippen molar-refractivity contribution in [3.8, 4) is 5.75 Å². The Morgan fingerprint density at radius 2 is 2.00 bits per heavy atom. The first kappa shape index (κ1) is 11.2. The molecule has 1 aromatic rings. The van der Waals surface area contributed by atoms with Crippen LogP contribution in [0.1, 0.15) is 32.1 Å². The molecule has 88 valence electrons. The predicted octanol–water partition coefficient (Wildman–Crippen LogP) is 3.58. The first-order valence-corrected chi connectivity index (χ1v) is 5.89. The summed E-state index contributed by atoms with van der Waals surface area (Å²) in [6.45, 7) is 0. The van der Waals surface area contributed by atoms with Crippen LogP contribution >= 0.6 is 0 Å². The fourth-order valence-corrected chi connectivity index (χ4v) is 2.26. The van der Waals surface area contributed by atoms with Crippen LogP contribution in [0.5, 0.6) is 5.75 Å². The Balaban J connectivity index is 2.09. The van der Waals surface area contributed by atoms with E-state index in [1.165, 1.54) is 44.2 Å². The van der Waals surface area contributed by atoms with Crippen LogP contribution in [0, 0.1) is 5.82 Å². The maximum Gasteiger partial charge on any atom is 0.142 e. The molecule has 0 aliphatic heterocycles. The summed E-state index contributed by atoms with van der Waals surface area (Å²) < 4.78 is 18.4. The molecule has 2 rings (SSSR count). The molecule has 0 heterocycles. The number of ether oxygens (including phenoxy) is 1. The third kappa shape index (κ3) is 2.65. The van der Waals surface area contributed by atoms with Crippen molar-refractivity contribution in [3.05, 3.63) is 24.0 Å². The summed E-state index contributed by atoms with van der Waals surface area (Å²) in [4.78, 5) is 0. The van der Waals surface area contributed by atoms with Crippen LogP contribution in [-0.4, -0.2) is 13.2 Å². The van der Waals surface area contributed by atoms with Gasteiger partial charge in [0.25, 0.3) is 0 Å². The van der Waals surface area contributed by atoms with E-state index in [-0.39, 0.29) is 5.82 Å². The minimum Gasteiger partial charge on any atom is -0.495 e. The van der Waals surface area contributed by atoms with Gasteiger partial charge in [-0.15, -0.1) is 0 Å². The van der Waals surface area contributed by atoms with E-state index in [0.717, 1.165) is 5.69 Å². The minimum absolute atomic E-state index is 0.223. The van der Waals surface area contributed by atoms with Crippen molar-refractivity contribution < 1.29 is 9.13 Å². The molecular weight excluding hydrogens is 205 g/mol. The predicted molar refractivity (Wildman–Crippen MR) is 63.4 cm³/mol. The third-order valence-electron chi connectivity index (χ3n) is 3.13. The van der Waals surface area contributed by atoms with E-state index < -0.39 is 0 Å². The minimum atomic E-state index is -0.223. The van der Waals surface area contributed by atoms with Gasteiger partial charge in [-0.3, -0.25) is 0 Å². The fraction of sp³-hybridized carbons (Fsp3) is 0.538. The van der Waals surface area contributed by atoms with Crippen molar-refractivity contribution >= 4 is 5.69 Å². The van der Waals surface area contributed by atoms with Gasteiger partial charge in [0.2, 0.25) is 0 Å². The average molecular weight is 223 g/mol. The largest absolute Gasteiger partial charge is 0.495 e. The highest BCUT2D eigenvalue weighted by Gasteiger charge is 2.15. The molecule has 1 saturated carbocycles. The third-order valence-corrected chi connectivity index (χ3v) is 3.13. The van der Waals surface area contributed by atoms with Gasteiger partial charge in [-0.05, 0) is 25.0 Å². The monoisotopic (exact) mass is 223 g/mol. The van der Waals surface area contributed by atoms with Gasteiger partial charge in [0.15, 0.2) is 0 Å². The summed E-state index contributed by atoms with van der Waals surface area (Å²) in [7, 11) is 1.61. The highest BCUT2D eigenvalue weighted by atomic mass is 19.1. The lowest BCUT2D eigenvalue weighted by molar-refractivity contribution is 0.412. The summed E-state index contributed by atoms with van der Waals surface area (Å²) in [6, 6.07) is 5.06. The molecule has 1 N–H and O–H groups in total. The summed E-state index contributed by atoms with van der Waals surface area (Å²) in [5.41, 5.74) is 0.773. The Bertz CT molecular complexity index is 348. The topological polar surface area (TPSA) is 21.3 Å². The lowest BCUT2D eigenvalue weighted by atomic mass is 9.95. The zero-order chi connectivity index (χ0) is 11.4. The van der Waals surface area contributed by atoms with Crippen LogP contribution in [0.4, 0.5) is 10.1 Å². The van der Waals surface area contributed by atoms with Gasteiger partial charge >= 0.3 is 0 Å². The zero-order valence-electron chi connectivity index (χ0n) is 9.63. The molecule has 0 bridgehead atoms. The lowest BCUT2D eigenvalue weighted by Gasteiger charge is -2.24. The molecule has 1 aliphatic rings. The molecule has 16 heavy (non-hydrogen) atoms. The van der Waals surface area contributed by atoms with Crippen molar-refractivity contribution in [1.29, 1.82) is 0 Å². The standard InChI is InChI=1S/C13H18FNO/c1-16-13-8-7-10(14)9-12(13)15-11-5-3-2-4-6-11/h7-9,11,15H,2-6H2,1H3. The number of rotatable bonds is 3. The van der Waals surface area contributed by atoms with Gasteiger partial charge in [-0.2, -0.15) is 0 Å². The first-order valence-electron chi connectivity index (χ1n) is 5.89. The molecule has 0 spiro atoms. The van der Waals surface area contributed by atoms with Gasteiger partial charge in [0.1, 0.15) is 11.6 Å². The maximum absolute atomic E-state index is 13.1. The molecule has 1 aromatic carbocycles. The molecule has 0 aromatic heterocycles. The Morgan fingerprint density at radius 3 is 2.69 bits per heavy atom. The van der Waals surface area contributed by atoms with Crippen molar-refractivity contribution in [2.45, 2.75) is 38.1 Å². The summed E-state index contributed by atoms with van der Waals surface area (Å²) in [5, 5.41) is 3.38. The van der Waals surface area contributed by atoms with Gasteiger partial charge < -0.3 is 10.1 Å². The SMILES string of the molecule is COc1ccc(F)cc1NC1CCCCC1. The number of nitrogens with one attached hydrogen (secondary N) is 1. The molecule has 1 aliphatic carbocycles. The number of benzene rings is 1. The van der Waals surface area contributed by atoms with Crippen molar-refractivity contribution in [1.82, 2.24) is 0 Å². The van der Waals surface area contributed by atoms with Crippen LogP contribution in [0.3, 0.4) is 0 Å². The number of anilines is 1. The molecular formula is C13H18FNO. The average Bonchev–Trinajstić information content (AvgIpc) is 2.31. The second kappa shape index (κ2) is 5.19. The van der Waals surface area contributed by atoms with Crippen molar-refractivity contribution in [2.75, 3.05) is 12.4 Å². The second-order valence-electron chi connectivity index (χ2n) is 4.32. The molecule has 0 radical (unpaired) electrons. The molecule has 0 unspecified atom stereocenters. The van der Waals surface area contributed by atoms with E-state index >= 15 is 0 Å². The summed E-state index contributed by atoms with van der Waals surface area (Å²) in [5.74, 6) is 0.492. The van der Waals surface area contributed by atoms with E-state index in [9.17, 15) is 4.39 Å². The van der Waals surface area contributed by atoms with E-state index in [2.05, 4.69) is 5.32 Å². The van der Waals surface area contributed by atoms with Crippen LogP contribution in [0.2, 0.25) is 0 Å². The number of methoxy groups -OCH3 is 1. The fourth-order valence-electron chi connectivity index (χ4n) is 2.26. The summed E-state index contributed by atoms with van der Waals surface area (Å²) in [6.07, 6.45) is 6.17. The Kier molecular flexibility index (Phi) is 3.65. The number of halogens is 1. The zero-order valence-corrected chi connectivity index (χ0v) is 9.63. The van der Waals surface area contributed by atoms with Gasteiger partial charge in [-0.1, -0.05) is 19.3 Å². The van der Waals surface area contributed by atoms with E-state index in [1.807, 2.05) is 0 Å². The van der Waals surface area contributed by atoms with E-state index in [4.69, 9.17) is 4.74 Å². The van der Waals surface area contributed by atoms with Crippen LogP contribution in [0.25, 0.3) is 0 Å². The van der Waals surface area contributed by atoms with Gasteiger partial charge in [0, 0.05) is 12.1 Å². The van der Waals surface area contributed by atoms with Crippen LogP contribution < -0.4 is 10.1 Å². The Morgan fingerprint density at radius 1 is 1.25 bits per heavy atom. The quantitative estimate of drug-likeness (QED) is 0.845.